The van der Waals surface area contributed by atoms with Crippen molar-refractivity contribution in [3.05, 3.63) is 104 Å². The van der Waals surface area contributed by atoms with Gasteiger partial charge < -0.3 is 35.4 Å². The van der Waals surface area contributed by atoms with Gasteiger partial charge >= 0.3 is 0 Å². The number of rotatable bonds is 18. The van der Waals surface area contributed by atoms with Crippen molar-refractivity contribution < 1.29 is 33.8 Å². The number of likely N-dealkylation sites (tertiary alicyclic amines) is 1. The van der Waals surface area contributed by atoms with Crippen molar-refractivity contribution in [1.82, 2.24) is 40.6 Å². The fourth-order valence-electron chi connectivity index (χ4n) is 8.39. The lowest BCUT2D eigenvalue weighted by atomic mass is 9.85. The number of amides is 4. The van der Waals surface area contributed by atoms with E-state index in [0.29, 0.717) is 29.7 Å². The SMILES string of the molecule is Cc1ncsc1-c1ccc([C@H](C)NC(=O)C2C[C@H](O)CN2C(=O)[C@@H](NC(=O)COCCCOCCNC(=O)C[C@H]2N=C(c3ccc(Cl)cc3)c3c(sc(C)c3C)-n3c(C)nnc32)C(C)(C)C)cc1. The van der Waals surface area contributed by atoms with Crippen molar-refractivity contribution in [3.63, 3.8) is 0 Å². The molecule has 4 amide bonds. The van der Waals surface area contributed by atoms with Gasteiger partial charge in [-0.3, -0.25) is 28.7 Å². The van der Waals surface area contributed by atoms with Gasteiger partial charge in [0.15, 0.2) is 5.82 Å². The molecule has 1 saturated heterocycles. The second kappa shape index (κ2) is 21.9. The molecule has 3 aromatic heterocycles. The van der Waals surface area contributed by atoms with Crippen molar-refractivity contribution in [2.75, 3.05) is 39.5 Å². The van der Waals surface area contributed by atoms with Crippen LogP contribution in [0, 0.1) is 33.1 Å². The molecule has 0 radical (unpaired) electrons. The number of aryl methyl sites for hydroxylation is 3. The quantitative estimate of drug-likeness (QED) is 0.0700. The number of thiophene rings is 1. The van der Waals surface area contributed by atoms with Crippen LogP contribution >= 0.6 is 34.3 Å². The number of aliphatic imine (C=N–C) groups is 1. The molecule has 2 aromatic carbocycles. The van der Waals surface area contributed by atoms with Crippen LogP contribution in [0.15, 0.2) is 59.0 Å². The molecular weight excluding hydrogens is 926 g/mol. The molecule has 7 rings (SSSR count). The van der Waals surface area contributed by atoms with Crippen LogP contribution in [-0.2, 0) is 28.7 Å². The number of nitrogens with zero attached hydrogens (tertiary/aromatic N) is 6. The Labute approximate surface area is 409 Å². The summed E-state index contributed by atoms with van der Waals surface area (Å²) in [6, 6.07) is 12.6. The van der Waals surface area contributed by atoms with E-state index in [4.69, 9.17) is 26.1 Å². The minimum absolute atomic E-state index is 0.0302. The number of benzene rings is 2. The standard InChI is InChI=1S/C49H60ClN9O7S2/c1-27-30(4)68-48-41(27)42(33-14-16-35(50)17-15-33)54-37(45-57-56-31(5)59(45)48)23-39(61)51-18-21-65-19-9-20-66-25-40(62)55-44(49(6,7)8)47(64)58-24-36(60)22-38(58)46(63)53-28(2)32-10-12-34(13-11-32)43-29(3)52-26-67-43/h10-17,26,28,36-38,44,60H,9,18-25H2,1-8H3,(H,51,61)(H,53,63)(H,55,62)/t28-,36-,37+,38?,44+/m0/s1. The number of thiazole rings is 1. The van der Waals surface area contributed by atoms with Crippen molar-refractivity contribution in [2.45, 2.75) is 105 Å². The molecule has 0 saturated carbocycles. The maximum absolute atomic E-state index is 14.1. The highest BCUT2D eigenvalue weighted by atomic mass is 35.5. The number of β-amino-alcohol motifs (C(OH)–C–C–N with tert-alkyl or cyclic N) is 1. The van der Waals surface area contributed by atoms with E-state index in [-0.39, 0.29) is 63.6 Å². The number of aromatic nitrogens is 4. The molecule has 4 N–H and O–H groups in total. The van der Waals surface area contributed by atoms with Gasteiger partial charge in [0.2, 0.25) is 23.6 Å². The first-order chi connectivity index (χ1) is 32.4. The predicted octanol–water partition coefficient (Wildman–Crippen LogP) is 6.53. The monoisotopic (exact) mass is 985 g/mol. The first-order valence-corrected chi connectivity index (χ1v) is 24.9. The average molecular weight is 987 g/mol. The van der Waals surface area contributed by atoms with Crippen LogP contribution in [0.3, 0.4) is 0 Å². The molecule has 1 unspecified atom stereocenters. The lowest BCUT2D eigenvalue weighted by molar-refractivity contribution is -0.144. The third kappa shape index (κ3) is 11.7. The molecule has 5 heterocycles. The summed E-state index contributed by atoms with van der Waals surface area (Å²) in [7, 11) is 0. The van der Waals surface area contributed by atoms with Gasteiger partial charge in [-0.1, -0.05) is 68.8 Å². The normalized spacial score (nSPS) is 17.7. The van der Waals surface area contributed by atoms with Crippen molar-refractivity contribution in [2.24, 2.45) is 10.4 Å². The molecule has 19 heteroatoms. The Kier molecular flexibility index (Phi) is 16.3. The summed E-state index contributed by atoms with van der Waals surface area (Å²) in [5.74, 6) is -0.217. The van der Waals surface area contributed by atoms with E-state index in [1.54, 1.807) is 22.7 Å². The zero-order valence-corrected chi connectivity index (χ0v) is 42.1. The Bertz CT molecular complexity index is 2640. The number of hydrogen-bond acceptors (Lipinski definition) is 13. The molecular formula is C49H60ClN9O7S2. The van der Waals surface area contributed by atoms with Crippen LogP contribution < -0.4 is 16.0 Å². The summed E-state index contributed by atoms with van der Waals surface area (Å²) in [5, 5.41) is 29.9. The number of fused-ring (bicyclic) bond motifs is 3. The number of aliphatic hydroxyl groups excluding tert-OH is 1. The fourth-order valence-corrected chi connectivity index (χ4v) is 10.5. The Morgan fingerprint density at radius 2 is 1.63 bits per heavy atom. The molecule has 5 aromatic rings. The highest BCUT2D eigenvalue weighted by Crippen LogP contribution is 2.40. The van der Waals surface area contributed by atoms with Crippen LogP contribution in [0.4, 0.5) is 0 Å². The number of hydrogen-bond donors (Lipinski definition) is 4. The van der Waals surface area contributed by atoms with E-state index in [0.717, 1.165) is 54.0 Å². The van der Waals surface area contributed by atoms with Crippen molar-refractivity contribution in [1.29, 1.82) is 0 Å². The smallest absolute Gasteiger partial charge is 0.246 e. The second-order valence-corrected chi connectivity index (χ2v) is 20.9. The zero-order chi connectivity index (χ0) is 48.9. The van der Waals surface area contributed by atoms with E-state index in [9.17, 15) is 24.3 Å². The summed E-state index contributed by atoms with van der Waals surface area (Å²) < 4.78 is 13.4. The third-order valence-electron chi connectivity index (χ3n) is 12.2. The number of nitrogens with one attached hydrogen (secondary N) is 3. The van der Waals surface area contributed by atoms with Crippen LogP contribution in [0.5, 0.6) is 0 Å². The molecule has 1 fully saturated rings. The summed E-state index contributed by atoms with van der Waals surface area (Å²) in [4.78, 5) is 67.3. The Hall–Kier alpha value is -5.37. The van der Waals surface area contributed by atoms with Gasteiger partial charge in [-0.15, -0.1) is 32.9 Å². The van der Waals surface area contributed by atoms with E-state index in [1.165, 1.54) is 4.90 Å². The number of ether oxygens (including phenoxy) is 2. The van der Waals surface area contributed by atoms with Gasteiger partial charge in [0.25, 0.3) is 0 Å². The zero-order valence-electron chi connectivity index (χ0n) is 39.7. The maximum Gasteiger partial charge on any atom is 0.246 e. The number of aliphatic hydroxyl groups is 1. The van der Waals surface area contributed by atoms with E-state index in [2.05, 4.69) is 45.0 Å². The van der Waals surface area contributed by atoms with Gasteiger partial charge in [0.1, 0.15) is 35.6 Å². The van der Waals surface area contributed by atoms with Crippen LogP contribution in [-0.4, -0.2) is 117 Å². The number of halogens is 1. The van der Waals surface area contributed by atoms with Gasteiger partial charge in [0, 0.05) is 53.8 Å². The molecule has 16 nitrogen and oxygen atoms in total. The maximum atomic E-state index is 14.1. The predicted molar refractivity (Wildman–Crippen MR) is 264 cm³/mol. The highest BCUT2D eigenvalue weighted by molar-refractivity contribution is 7.15. The molecule has 0 aliphatic carbocycles. The van der Waals surface area contributed by atoms with E-state index in [1.807, 2.05) is 100 Å². The van der Waals surface area contributed by atoms with Crippen LogP contribution in [0.1, 0.15) is 104 Å². The first kappa shape index (κ1) is 50.5. The van der Waals surface area contributed by atoms with Gasteiger partial charge in [-0.2, -0.15) is 0 Å². The first-order valence-electron chi connectivity index (χ1n) is 22.8. The lowest BCUT2D eigenvalue weighted by Gasteiger charge is -2.35. The summed E-state index contributed by atoms with van der Waals surface area (Å²) in [6.07, 6.45) is -0.264. The average Bonchev–Trinajstić information content (AvgIpc) is 4.07. The van der Waals surface area contributed by atoms with Gasteiger partial charge in [-0.05, 0) is 75.3 Å². The molecule has 0 spiro atoms. The molecule has 2 aliphatic rings. The number of carbonyl (C=O) groups is 4. The largest absolute Gasteiger partial charge is 0.391 e. The highest BCUT2D eigenvalue weighted by Gasteiger charge is 2.45. The molecule has 5 atom stereocenters. The van der Waals surface area contributed by atoms with E-state index >= 15 is 0 Å². The van der Waals surface area contributed by atoms with Crippen LogP contribution in [0.25, 0.3) is 15.4 Å². The van der Waals surface area contributed by atoms with Crippen molar-refractivity contribution >= 4 is 63.6 Å². The van der Waals surface area contributed by atoms with E-state index < -0.39 is 41.5 Å². The third-order valence-corrected chi connectivity index (χ3v) is 14.6. The molecule has 2 aliphatic heterocycles. The molecule has 68 heavy (non-hydrogen) atoms. The lowest BCUT2D eigenvalue weighted by Crippen LogP contribution is -2.58. The van der Waals surface area contributed by atoms with Gasteiger partial charge in [0.05, 0.1) is 47.0 Å². The van der Waals surface area contributed by atoms with Gasteiger partial charge in [-0.25, -0.2) is 4.98 Å². The second-order valence-electron chi connectivity index (χ2n) is 18.4. The topological polar surface area (TPSA) is 202 Å². The Morgan fingerprint density at radius 3 is 2.32 bits per heavy atom. The fraction of sp³-hybridized carbons (Fsp3) is 0.469. The van der Waals surface area contributed by atoms with Crippen molar-refractivity contribution in [3.8, 4) is 15.4 Å². The minimum Gasteiger partial charge on any atom is -0.391 e. The Balaban J connectivity index is 0.840. The number of carbonyl (C=O) groups excluding carboxylic acids is 4. The van der Waals surface area contributed by atoms with Crippen LogP contribution in [0.2, 0.25) is 5.02 Å². The summed E-state index contributed by atoms with van der Waals surface area (Å²) >= 11 is 9.45. The summed E-state index contributed by atoms with van der Waals surface area (Å²) in [6.45, 7) is 16.2. The Morgan fingerprint density at radius 1 is 0.926 bits per heavy atom. The minimum atomic E-state index is -0.984. The molecule has 0 bridgehead atoms. The summed E-state index contributed by atoms with van der Waals surface area (Å²) in [5.41, 5.74) is 7.76. The molecule has 362 valence electrons.